The monoisotopic (exact) mass is 94.1 g/mol. The first-order valence-corrected chi connectivity index (χ1v) is 2.33. The van der Waals surface area contributed by atoms with Crippen molar-refractivity contribution in [3.63, 3.8) is 0 Å². The minimum Gasteiger partial charge on any atom is -0.379 e. The molecule has 1 N–H and O–H groups in total. The number of nitrogens with zero attached hydrogens (tertiary/aromatic N) is 1. The van der Waals surface area contributed by atoms with Crippen LogP contribution in [0.2, 0.25) is 0 Å². The van der Waals surface area contributed by atoms with Crippen LogP contribution >= 0.6 is 0 Å². The molecular weight excluding hydrogens is 86.9 g/mol. The summed E-state index contributed by atoms with van der Waals surface area (Å²) in [6.07, 6.45) is 3.79. The van der Waals surface area contributed by atoms with Crippen LogP contribution in [0.25, 0.3) is 0 Å². The van der Waals surface area contributed by atoms with Crippen LogP contribution in [-0.2, 0) is 0 Å². The number of aliphatic imine (C=N–C) groups is 1. The molecule has 1 aliphatic heterocycles. The van der Waals surface area contributed by atoms with Gasteiger partial charge in [-0.05, 0) is 6.08 Å². The molecule has 0 amide bonds. The third-order valence-corrected chi connectivity index (χ3v) is 0.849. The largest absolute Gasteiger partial charge is 0.379 e. The summed E-state index contributed by atoms with van der Waals surface area (Å²) >= 11 is 0. The van der Waals surface area contributed by atoms with Gasteiger partial charge in [-0.25, -0.2) is 0 Å². The molecule has 1 aliphatic rings. The van der Waals surface area contributed by atoms with Gasteiger partial charge in [0.25, 0.3) is 0 Å². The predicted octanol–water partition coefficient (Wildman–Crippen LogP) is -0.908. The first-order chi connectivity index (χ1) is 3.39. The molecule has 0 bridgehead atoms. The summed E-state index contributed by atoms with van der Waals surface area (Å²) in [6.45, 7) is 0.926. The minimum absolute atomic E-state index is 0.926. The molecule has 0 saturated carbocycles. The van der Waals surface area contributed by atoms with Gasteiger partial charge in [-0.1, -0.05) is 0 Å². The van der Waals surface area contributed by atoms with E-state index in [1.54, 1.807) is 0 Å². The van der Waals surface area contributed by atoms with Crippen molar-refractivity contribution >= 4 is 13.6 Å². The first-order valence-electron chi connectivity index (χ1n) is 2.33. The molecule has 3 heteroatoms. The SMILES string of the molecule is BC1=NC=CCN1. The maximum atomic E-state index is 3.95. The molecule has 1 heterocycles. The molecule has 7 heavy (non-hydrogen) atoms. The van der Waals surface area contributed by atoms with Crippen molar-refractivity contribution in [3.8, 4) is 0 Å². The van der Waals surface area contributed by atoms with Crippen LogP contribution in [0.3, 0.4) is 0 Å². The van der Waals surface area contributed by atoms with Crippen molar-refractivity contribution in [3.05, 3.63) is 12.3 Å². The quantitative estimate of drug-likeness (QED) is 0.386. The molecule has 2 nitrogen and oxygen atoms in total. The highest BCUT2D eigenvalue weighted by Crippen LogP contribution is 1.79. The van der Waals surface area contributed by atoms with Crippen molar-refractivity contribution in [1.29, 1.82) is 0 Å². The summed E-state index contributed by atoms with van der Waals surface area (Å²) in [6, 6.07) is 0. The Hall–Kier alpha value is -0.725. The van der Waals surface area contributed by atoms with Gasteiger partial charge in [0.05, 0.1) is 5.73 Å². The van der Waals surface area contributed by atoms with E-state index >= 15 is 0 Å². The molecule has 0 aromatic rings. The highest BCUT2D eigenvalue weighted by atomic mass is 15.0. The molecule has 0 spiro atoms. The number of hydrogen-bond acceptors (Lipinski definition) is 2. The Labute approximate surface area is 43.7 Å². The zero-order valence-electron chi connectivity index (χ0n) is 4.31. The lowest BCUT2D eigenvalue weighted by atomic mass is 10.1. The summed E-state index contributed by atoms with van der Waals surface area (Å²) in [4.78, 5) is 3.95. The molecule has 0 saturated heterocycles. The van der Waals surface area contributed by atoms with Gasteiger partial charge < -0.3 is 5.32 Å². The van der Waals surface area contributed by atoms with Crippen LogP contribution in [0.5, 0.6) is 0 Å². The maximum Gasteiger partial charge on any atom is 0.185 e. The van der Waals surface area contributed by atoms with Gasteiger partial charge in [0.15, 0.2) is 7.85 Å². The van der Waals surface area contributed by atoms with Crippen LogP contribution in [0.4, 0.5) is 0 Å². The predicted molar refractivity (Wildman–Crippen MR) is 33.1 cm³/mol. The number of hydrogen-bond donors (Lipinski definition) is 1. The molecule has 36 valence electrons. The van der Waals surface area contributed by atoms with Gasteiger partial charge in [0.2, 0.25) is 0 Å². The van der Waals surface area contributed by atoms with Crippen LogP contribution in [0.1, 0.15) is 0 Å². The second-order valence-electron chi connectivity index (χ2n) is 1.48. The van der Waals surface area contributed by atoms with Gasteiger partial charge in [-0.2, -0.15) is 0 Å². The van der Waals surface area contributed by atoms with Crippen molar-refractivity contribution in [1.82, 2.24) is 5.32 Å². The molecule has 0 aromatic heterocycles. The van der Waals surface area contributed by atoms with Crippen LogP contribution < -0.4 is 5.32 Å². The summed E-state index contributed by atoms with van der Waals surface area (Å²) in [5.74, 6) is 0. The van der Waals surface area contributed by atoms with E-state index < -0.39 is 0 Å². The van der Waals surface area contributed by atoms with Crippen molar-refractivity contribution in [2.24, 2.45) is 4.99 Å². The van der Waals surface area contributed by atoms with Crippen molar-refractivity contribution in [2.75, 3.05) is 6.54 Å². The van der Waals surface area contributed by atoms with Gasteiger partial charge in [0.1, 0.15) is 0 Å². The third-order valence-electron chi connectivity index (χ3n) is 0.849. The standard InChI is InChI=1S/C4H7BN2/c5-4-6-2-1-3-7-4/h1-2H,3,5H2,(H,6,7). The molecule has 0 unspecified atom stereocenters. The van der Waals surface area contributed by atoms with Gasteiger partial charge in [0, 0.05) is 12.7 Å². The lowest BCUT2D eigenvalue weighted by Crippen LogP contribution is -2.24. The summed E-state index contributed by atoms with van der Waals surface area (Å²) in [7, 11) is 1.95. The minimum atomic E-state index is 0.926. The van der Waals surface area contributed by atoms with Crippen molar-refractivity contribution in [2.45, 2.75) is 0 Å². The Kier molecular flexibility index (Phi) is 1.15. The van der Waals surface area contributed by atoms with Gasteiger partial charge >= 0.3 is 0 Å². The molecule has 0 aliphatic carbocycles. The molecule has 0 aromatic carbocycles. The molecule has 0 atom stereocenters. The van der Waals surface area contributed by atoms with E-state index in [0.29, 0.717) is 0 Å². The zero-order chi connectivity index (χ0) is 5.11. The fraction of sp³-hybridized carbons (Fsp3) is 0.250. The average molecular weight is 93.9 g/mol. The van der Waals surface area contributed by atoms with E-state index in [2.05, 4.69) is 10.3 Å². The van der Waals surface area contributed by atoms with E-state index in [4.69, 9.17) is 0 Å². The summed E-state index contributed by atoms with van der Waals surface area (Å²) in [5.41, 5.74) is 1.00. The Morgan fingerprint density at radius 2 is 2.71 bits per heavy atom. The molecule has 0 radical (unpaired) electrons. The third kappa shape index (κ3) is 1.07. The van der Waals surface area contributed by atoms with E-state index in [1.807, 2.05) is 20.1 Å². The number of rotatable bonds is 0. The van der Waals surface area contributed by atoms with E-state index in [9.17, 15) is 0 Å². The van der Waals surface area contributed by atoms with Gasteiger partial charge in [-0.3, -0.25) is 4.99 Å². The normalized spacial score (nSPS) is 18.0. The van der Waals surface area contributed by atoms with Crippen LogP contribution in [0.15, 0.2) is 17.3 Å². The van der Waals surface area contributed by atoms with E-state index in [-0.39, 0.29) is 0 Å². The Morgan fingerprint density at radius 3 is 3.00 bits per heavy atom. The lowest BCUT2D eigenvalue weighted by molar-refractivity contribution is 1.03. The Bertz CT molecular complexity index is 117. The fourth-order valence-corrected chi connectivity index (χ4v) is 0.469. The summed E-state index contributed by atoms with van der Waals surface area (Å²) < 4.78 is 0. The Morgan fingerprint density at radius 1 is 1.86 bits per heavy atom. The first kappa shape index (κ1) is 4.43. The lowest BCUT2D eigenvalue weighted by Gasteiger charge is -2.03. The smallest absolute Gasteiger partial charge is 0.185 e. The molecule has 1 rings (SSSR count). The number of nitrogens with one attached hydrogen (secondary N) is 1. The van der Waals surface area contributed by atoms with Gasteiger partial charge in [-0.15, -0.1) is 0 Å². The highest BCUT2D eigenvalue weighted by molar-refractivity contribution is 6.59. The average Bonchev–Trinajstić information content (AvgIpc) is 1.69. The second-order valence-corrected chi connectivity index (χ2v) is 1.48. The van der Waals surface area contributed by atoms with E-state index in [0.717, 1.165) is 12.3 Å². The summed E-state index contributed by atoms with van der Waals surface area (Å²) in [5, 5.41) is 3.05. The molecule has 0 fully saturated rings. The van der Waals surface area contributed by atoms with Crippen LogP contribution in [-0.4, -0.2) is 20.1 Å². The fourth-order valence-electron chi connectivity index (χ4n) is 0.469. The number of amidine groups is 1. The zero-order valence-corrected chi connectivity index (χ0v) is 4.31. The topological polar surface area (TPSA) is 24.4 Å². The van der Waals surface area contributed by atoms with E-state index in [1.165, 1.54) is 0 Å². The van der Waals surface area contributed by atoms with Crippen molar-refractivity contribution < 1.29 is 0 Å². The Balaban J connectivity index is 2.57. The highest BCUT2D eigenvalue weighted by Gasteiger charge is 1.86. The van der Waals surface area contributed by atoms with Crippen LogP contribution in [0, 0.1) is 0 Å². The maximum absolute atomic E-state index is 3.95. The molecular formula is C4H7BN2. The second kappa shape index (κ2) is 1.82.